The second kappa shape index (κ2) is 5.71. The van der Waals surface area contributed by atoms with Gasteiger partial charge in [0, 0.05) is 36.1 Å². The van der Waals surface area contributed by atoms with E-state index in [0.29, 0.717) is 0 Å². The topological polar surface area (TPSA) is 34.6 Å². The lowest BCUT2D eigenvalue weighted by Crippen LogP contribution is -2.16. The first-order valence-corrected chi connectivity index (χ1v) is 7.88. The Morgan fingerprint density at radius 2 is 2.15 bits per heavy atom. The van der Waals surface area contributed by atoms with Crippen molar-refractivity contribution >= 4 is 27.3 Å². The van der Waals surface area contributed by atoms with Gasteiger partial charge in [0.15, 0.2) is 3.92 Å². The van der Waals surface area contributed by atoms with Crippen molar-refractivity contribution < 1.29 is 9.47 Å². The van der Waals surface area contributed by atoms with Crippen LogP contribution in [0.5, 0.6) is 11.5 Å². The van der Waals surface area contributed by atoms with Crippen LogP contribution in [-0.2, 0) is 19.6 Å². The molecule has 0 fully saturated rings. The largest absolute Gasteiger partial charge is 0.497 e. The van der Waals surface area contributed by atoms with Crippen LogP contribution in [0.25, 0.3) is 0 Å². The smallest absolute Gasteiger partial charge is 0.159 e. The van der Waals surface area contributed by atoms with Crippen LogP contribution >= 0.6 is 27.3 Å². The zero-order valence-corrected chi connectivity index (χ0v) is 13.8. The first-order valence-electron chi connectivity index (χ1n) is 6.27. The van der Waals surface area contributed by atoms with E-state index in [9.17, 15) is 0 Å². The van der Waals surface area contributed by atoms with E-state index < -0.39 is 0 Å². The Bertz CT molecular complexity index is 606. The lowest BCUT2D eigenvalue weighted by Gasteiger charge is -2.17. The number of nitrogens with zero attached hydrogens (tertiary/aromatic N) is 2. The van der Waals surface area contributed by atoms with Gasteiger partial charge >= 0.3 is 0 Å². The Morgan fingerprint density at radius 1 is 1.30 bits per heavy atom. The highest BCUT2D eigenvalue weighted by molar-refractivity contribution is 9.11. The van der Waals surface area contributed by atoms with Gasteiger partial charge in [0.05, 0.1) is 19.9 Å². The second-order valence-corrected chi connectivity index (χ2v) is 7.02. The highest BCUT2D eigenvalue weighted by Crippen LogP contribution is 2.33. The molecule has 2 heterocycles. The number of ether oxygens (including phenoxy) is 2. The van der Waals surface area contributed by atoms with Crippen molar-refractivity contribution in [1.29, 1.82) is 0 Å². The molecule has 3 rings (SSSR count). The standard InChI is InChI=1S/C14H15BrN2O2S/c1-18-10-4-3-9(12(5-10)19-2)6-17-7-11-13(8-17)20-14(15)16-11/h3-5H,6-8H2,1-2H3. The molecule has 0 bridgehead atoms. The number of aromatic nitrogens is 1. The third-order valence-electron chi connectivity index (χ3n) is 3.38. The monoisotopic (exact) mass is 354 g/mol. The fourth-order valence-corrected chi connectivity index (χ4v) is 4.04. The van der Waals surface area contributed by atoms with E-state index in [1.165, 1.54) is 16.1 Å². The zero-order chi connectivity index (χ0) is 14.1. The van der Waals surface area contributed by atoms with Crippen molar-refractivity contribution in [3.8, 4) is 11.5 Å². The number of hydrogen-bond acceptors (Lipinski definition) is 5. The molecule has 0 saturated carbocycles. The number of halogens is 1. The first-order chi connectivity index (χ1) is 9.69. The average molecular weight is 355 g/mol. The van der Waals surface area contributed by atoms with Crippen LogP contribution < -0.4 is 9.47 Å². The quantitative estimate of drug-likeness (QED) is 0.842. The van der Waals surface area contributed by atoms with Crippen molar-refractivity contribution in [2.24, 2.45) is 0 Å². The molecule has 1 aliphatic heterocycles. The maximum absolute atomic E-state index is 5.45. The lowest BCUT2D eigenvalue weighted by atomic mass is 10.2. The molecular weight excluding hydrogens is 340 g/mol. The minimum Gasteiger partial charge on any atom is -0.497 e. The fraction of sp³-hybridized carbons (Fsp3) is 0.357. The van der Waals surface area contributed by atoms with Gasteiger partial charge in [0.25, 0.3) is 0 Å². The van der Waals surface area contributed by atoms with Gasteiger partial charge in [0.1, 0.15) is 11.5 Å². The average Bonchev–Trinajstić information content (AvgIpc) is 2.95. The number of benzene rings is 1. The molecule has 0 spiro atoms. The third kappa shape index (κ3) is 2.68. The Hall–Kier alpha value is -1.11. The van der Waals surface area contributed by atoms with Crippen molar-refractivity contribution in [3.63, 3.8) is 0 Å². The van der Waals surface area contributed by atoms with Crippen LogP contribution in [0.3, 0.4) is 0 Å². The summed E-state index contributed by atoms with van der Waals surface area (Å²) in [5, 5.41) is 0. The van der Waals surface area contributed by atoms with Gasteiger partial charge in [-0.15, -0.1) is 11.3 Å². The number of fused-ring (bicyclic) bond motifs is 1. The van der Waals surface area contributed by atoms with Crippen LogP contribution in [0.2, 0.25) is 0 Å². The molecule has 1 aromatic heterocycles. The maximum Gasteiger partial charge on any atom is 0.159 e. The van der Waals surface area contributed by atoms with E-state index in [4.69, 9.17) is 9.47 Å². The Morgan fingerprint density at radius 3 is 2.85 bits per heavy atom. The zero-order valence-electron chi connectivity index (χ0n) is 11.4. The molecule has 1 aliphatic rings. The molecule has 20 heavy (non-hydrogen) atoms. The number of methoxy groups -OCH3 is 2. The highest BCUT2D eigenvalue weighted by atomic mass is 79.9. The summed E-state index contributed by atoms with van der Waals surface area (Å²) in [6, 6.07) is 5.96. The minimum atomic E-state index is 0.816. The van der Waals surface area contributed by atoms with E-state index >= 15 is 0 Å². The van der Waals surface area contributed by atoms with Crippen molar-refractivity contribution in [3.05, 3.63) is 38.3 Å². The van der Waals surface area contributed by atoms with E-state index in [1.807, 2.05) is 12.1 Å². The molecule has 1 aromatic carbocycles. The predicted octanol–water partition coefficient (Wildman–Crippen LogP) is 3.44. The number of hydrogen-bond donors (Lipinski definition) is 0. The minimum absolute atomic E-state index is 0.816. The Kier molecular flexibility index (Phi) is 3.96. The highest BCUT2D eigenvalue weighted by Gasteiger charge is 2.23. The van der Waals surface area contributed by atoms with Gasteiger partial charge < -0.3 is 9.47 Å². The van der Waals surface area contributed by atoms with E-state index in [1.54, 1.807) is 25.6 Å². The third-order valence-corrected chi connectivity index (χ3v) is 4.91. The summed E-state index contributed by atoms with van der Waals surface area (Å²) >= 11 is 5.16. The van der Waals surface area contributed by atoms with Crippen LogP contribution in [0.1, 0.15) is 16.1 Å². The maximum atomic E-state index is 5.45. The SMILES string of the molecule is COc1ccc(CN2Cc3nc(Br)sc3C2)c(OC)c1. The van der Waals surface area contributed by atoms with Gasteiger partial charge in [-0.1, -0.05) is 6.07 Å². The molecule has 0 N–H and O–H groups in total. The molecule has 0 unspecified atom stereocenters. The van der Waals surface area contributed by atoms with Crippen LogP contribution in [0.4, 0.5) is 0 Å². The van der Waals surface area contributed by atoms with E-state index in [2.05, 4.69) is 31.9 Å². The molecule has 0 saturated heterocycles. The summed E-state index contributed by atoms with van der Waals surface area (Å²) in [4.78, 5) is 8.21. The van der Waals surface area contributed by atoms with E-state index in [0.717, 1.165) is 35.1 Å². The Balaban J connectivity index is 1.74. The summed E-state index contributed by atoms with van der Waals surface area (Å²) in [6.07, 6.45) is 0. The molecule has 2 aromatic rings. The van der Waals surface area contributed by atoms with Crippen LogP contribution in [0, 0.1) is 0 Å². The van der Waals surface area contributed by atoms with E-state index in [-0.39, 0.29) is 0 Å². The van der Waals surface area contributed by atoms with Gasteiger partial charge in [-0.3, -0.25) is 4.90 Å². The fourth-order valence-electron chi connectivity index (χ4n) is 2.40. The summed E-state index contributed by atoms with van der Waals surface area (Å²) in [7, 11) is 3.36. The molecule has 0 atom stereocenters. The van der Waals surface area contributed by atoms with Crippen LogP contribution in [0.15, 0.2) is 22.1 Å². The summed E-state index contributed by atoms with van der Waals surface area (Å²) in [6.45, 7) is 2.70. The molecule has 4 nitrogen and oxygen atoms in total. The normalized spacial score (nSPS) is 14.3. The summed E-state index contributed by atoms with van der Waals surface area (Å²) in [5.74, 6) is 1.69. The summed E-state index contributed by atoms with van der Waals surface area (Å²) in [5.41, 5.74) is 2.36. The molecule has 0 amide bonds. The number of rotatable bonds is 4. The molecular formula is C14H15BrN2O2S. The van der Waals surface area contributed by atoms with Crippen molar-refractivity contribution in [2.45, 2.75) is 19.6 Å². The van der Waals surface area contributed by atoms with Gasteiger partial charge in [-0.25, -0.2) is 4.98 Å². The van der Waals surface area contributed by atoms with Gasteiger partial charge in [-0.2, -0.15) is 0 Å². The van der Waals surface area contributed by atoms with Gasteiger partial charge in [-0.05, 0) is 22.0 Å². The molecule has 0 aliphatic carbocycles. The van der Waals surface area contributed by atoms with Crippen molar-refractivity contribution in [1.82, 2.24) is 9.88 Å². The lowest BCUT2D eigenvalue weighted by molar-refractivity contribution is 0.268. The van der Waals surface area contributed by atoms with Gasteiger partial charge in [0.2, 0.25) is 0 Å². The molecule has 106 valence electrons. The second-order valence-electron chi connectivity index (χ2n) is 4.66. The summed E-state index contributed by atoms with van der Waals surface area (Å²) < 4.78 is 11.7. The Labute approximate surface area is 130 Å². The first kappa shape index (κ1) is 13.9. The molecule has 0 radical (unpaired) electrons. The number of thiazole rings is 1. The van der Waals surface area contributed by atoms with Crippen LogP contribution in [-0.4, -0.2) is 24.1 Å². The van der Waals surface area contributed by atoms with Crippen molar-refractivity contribution in [2.75, 3.05) is 14.2 Å². The molecule has 6 heteroatoms. The predicted molar refractivity (Wildman–Crippen MR) is 82.3 cm³/mol.